The fourth-order valence-electron chi connectivity index (χ4n) is 2.23. The average Bonchev–Trinajstić information content (AvgIpc) is 2.65. The highest BCUT2D eigenvalue weighted by atomic mass is 16.3. The standard InChI is InChI=1S/C17H20O/c1-6-9-15-12(7-2)13-10-8-11-14(16(13)18-15)17(3,4)5/h6-11H,2H2,1,3-5H3/b9-6-. The minimum Gasteiger partial charge on any atom is -0.456 e. The molecule has 1 aromatic carbocycles. The van der Waals surface area contributed by atoms with E-state index in [4.69, 9.17) is 4.42 Å². The lowest BCUT2D eigenvalue weighted by molar-refractivity contribution is 0.554. The summed E-state index contributed by atoms with van der Waals surface area (Å²) < 4.78 is 6.03. The van der Waals surface area contributed by atoms with Gasteiger partial charge in [-0.25, -0.2) is 0 Å². The van der Waals surface area contributed by atoms with Crippen molar-refractivity contribution in [3.05, 3.63) is 47.7 Å². The molecule has 0 amide bonds. The van der Waals surface area contributed by atoms with Crippen LogP contribution in [0.3, 0.4) is 0 Å². The molecule has 0 spiro atoms. The molecule has 0 aliphatic heterocycles. The lowest BCUT2D eigenvalue weighted by atomic mass is 9.86. The van der Waals surface area contributed by atoms with Crippen LogP contribution in [0, 0.1) is 0 Å². The summed E-state index contributed by atoms with van der Waals surface area (Å²) in [6.45, 7) is 12.5. The van der Waals surface area contributed by atoms with Gasteiger partial charge in [-0.1, -0.05) is 57.7 Å². The molecule has 1 heteroatoms. The van der Waals surface area contributed by atoms with Crippen LogP contribution in [0.5, 0.6) is 0 Å². The molecule has 0 saturated heterocycles. The molecule has 2 aromatic rings. The zero-order chi connectivity index (χ0) is 13.3. The van der Waals surface area contributed by atoms with Crippen molar-refractivity contribution in [1.82, 2.24) is 0 Å². The third-order valence-electron chi connectivity index (χ3n) is 3.11. The molecule has 1 nitrogen and oxygen atoms in total. The summed E-state index contributed by atoms with van der Waals surface area (Å²) in [6, 6.07) is 6.32. The van der Waals surface area contributed by atoms with Crippen molar-refractivity contribution in [2.75, 3.05) is 0 Å². The van der Waals surface area contributed by atoms with Gasteiger partial charge in [0.2, 0.25) is 0 Å². The zero-order valence-corrected chi connectivity index (χ0v) is 11.6. The van der Waals surface area contributed by atoms with E-state index in [1.807, 2.05) is 25.2 Å². The van der Waals surface area contributed by atoms with Gasteiger partial charge in [-0.15, -0.1) is 0 Å². The van der Waals surface area contributed by atoms with Gasteiger partial charge in [0.15, 0.2) is 0 Å². The maximum atomic E-state index is 6.03. The predicted octanol–water partition coefficient (Wildman–Crippen LogP) is 5.41. The summed E-state index contributed by atoms with van der Waals surface area (Å²) in [6.07, 6.45) is 5.85. The average molecular weight is 240 g/mol. The Hall–Kier alpha value is -1.76. The molecule has 0 aliphatic rings. The topological polar surface area (TPSA) is 13.1 Å². The van der Waals surface area contributed by atoms with E-state index in [1.54, 1.807) is 0 Å². The molecule has 0 radical (unpaired) electrons. The maximum Gasteiger partial charge on any atom is 0.139 e. The van der Waals surface area contributed by atoms with Crippen LogP contribution in [-0.4, -0.2) is 0 Å². The highest BCUT2D eigenvalue weighted by Crippen LogP contribution is 2.35. The molecule has 0 aliphatic carbocycles. The minimum absolute atomic E-state index is 0.0724. The normalized spacial score (nSPS) is 12.4. The summed E-state index contributed by atoms with van der Waals surface area (Å²) in [5.41, 5.74) is 3.37. The molecular weight excluding hydrogens is 220 g/mol. The van der Waals surface area contributed by atoms with Crippen molar-refractivity contribution < 1.29 is 4.42 Å². The van der Waals surface area contributed by atoms with Crippen molar-refractivity contribution in [2.45, 2.75) is 33.1 Å². The number of para-hydroxylation sites is 1. The van der Waals surface area contributed by atoms with E-state index in [0.717, 1.165) is 22.3 Å². The summed E-state index contributed by atoms with van der Waals surface area (Å²) in [7, 11) is 0. The molecule has 0 saturated carbocycles. The van der Waals surface area contributed by atoms with Crippen molar-refractivity contribution in [1.29, 1.82) is 0 Å². The molecule has 1 aromatic heterocycles. The molecule has 0 bridgehead atoms. The Balaban J connectivity index is 2.83. The van der Waals surface area contributed by atoms with Gasteiger partial charge in [0, 0.05) is 16.5 Å². The van der Waals surface area contributed by atoms with E-state index in [9.17, 15) is 0 Å². The second kappa shape index (κ2) is 4.49. The van der Waals surface area contributed by atoms with Crippen molar-refractivity contribution in [2.24, 2.45) is 0 Å². The number of hydrogen-bond acceptors (Lipinski definition) is 1. The van der Waals surface area contributed by atoms with Crippen LogP contribution < -0.4 is 0 Å². The van der Waals surface area contributed by atoms with Gasteiger partial charge >= 0.3 is 0 Å². The van der Waals surface area contributed by atoms with E-state index >= 15 is 0 Å². The Bertz CT molecular complexity index is 606. The number of hydrogen-bond donors (Lipinski definition) is 0. The number of allylic oxidation sites excluding steroid dienone is 1. The predicted molar refractivity (Wildman–Crippen MR) is 79.7 cm³/mol. The highest BCUT2D eigenvalue weighted by Gasteiger charge is 2.21. The number of fused-ring (bicyclic) bond motifs is 1. The Morgan fingerprint density at radius 1 is 1.22 bits per heavy atom. The van der Waals surface area contributed by atoms with Crippen LogP contribution in [0.2, 0.25) is 0 Å². The third-order valence-corrected chi connectivity index (χ3v) is 3.11. The van der Waals surface area contributed by atoms with Gasteiger partial charge in [0.05, 0.1) is 0 Å². The molecule has 0 unspecified atom stereocenters. The smallest absolute Gasteiger partial charge is 0.139 e. The quantitative estimate of drug-likeness (QED) is 0.684. The van der Waals surface area contributed by atoms with E-state index in [0.29, 0.717) is 0 Å². The zero-order valence-electron chi connectivity index (χ0n) is 11.6. The summed E-state index contributed by atoms with van der Waals surface area (Å²) in [4.78, 5) is 0. The second-order valence-corrected chi connectivity index (χ2v) is 5.52. The van der Waals surface area contributed by atoms with Crippen molar-refractivity contribution in [3.8, 4) is 0 Å². The number of rotatable bonds is 2. The molecule has 94 valence electrons. The molecule has 2 rings (SSSR count). The monoisotopic (exact) mass is 240 g/mol. The Morgan fingerprint density at radius 2 is 1.94 bits per heavy atom. The fourth-order valence-corrected chi connectivity index (χ4v) is 2.23. The first-order valence-corrected chi connectivity index (χ1v) is 6.30. The first-order chi connectivity index (χ1) is 8.49. The molecular formula is C17H20O. The van der Waals surface area contributed by atoms with Gasteiger partial charge in [0.1, 0.15) is 11.3 Å². The van der Waals surface area contributed by atoms with Crippen LogP contribution in [0.1, 0.15) is 44.6 Å². The molecule has 1 heterocycles. The van der Waals surface area contributed by atoms with Crippen molar-refractivity contribution in [3.63, 3.8) is 0 Å². The van der Waals surface area contributed by atoms with Crippen LogP contribution in [-0.2, 0) is 5.41 Å². The van der Waals surface area contributed by atoms with Crippen LogP contribution in [0.25, 0.3) is 23.1 Å². The molecule has 0 atom stereocenters. The lowest BCUT2D eigenvalue weighted by Gasteiger charge is -2.18. The largest absolute Gasteiger partial charge is 0.456 e. The first kappa shape index (κ1) is 12.7. The Kier molecular flexibility index (Phi) is 3.16. The van der Waals surface area contributed by atoms with Gasteiger partial charge in [-0.3, -0.25) is 0 Å². The Morgan fingerprint density at radius 3 is 2.50 bits per heavy atom. The second-order valence-electron chi connectivity index (χ2n) is 5.52. The van der Waals surface area contributed by atoms with Crippen LogP contribution >= 0.6 is 0 Å². The van der Waals surface area contributed by atoms with Gasteiger partial charge in [0.25, 0.3) is 0 Å². The summed E-state index contributed by atoms with van der Waals surface area (Å²) >= 11 is 0. The molecule has 0 N–H and O–H groups in total. The SMILES string of the molecule is C=Cc1c(/C=C\C)oc2c(C(C)(C)C)cccc12. The molecule has 0 fully saturated rings. The van der Waals surface area contributed by atoms with E-state index < -0.39 is 0 Å². The minimum atomic E-state index is 0.0724. The number of furan rings is 1. The Labute approximate surface area is 109 Å². The van der Waals surface area contributed by atoms with Gasteiger partial charge in [-0.2, -0.15) is 0 Å². The maximum absolute atomic E-state index is 6.03. The van der Waals surface area contributed by atoms with E-state index in [-0.39, 0.29) is 5.41 Å². The van der Waals surface area contributed by atoms with E-state index in [2.05, 4.69) is 45.5 Å². The third kappa shape index (κ3) is 2.01. The number of benzene rings is 1. The van der Waals surface area contributed by atoms with Gasteiger partial charge in [-0.05, 0) is 18.4 Å². The van der Waals surface area contributed by atoms with E-state index in [1.165, 1.54) is 5.56 Å². The summed E-state index contributed by atoms with van der Waals surface area (Å²) in [5, 5.41) is 1.14. The van der Waals surface area contributed by atoms with Gasteiger partial charge < -0.3 is 4.42 Å². The van der Waals surface area contributed by atoms with Crippen molar-refractivity contribution >= 4 is 23.1 Å². The summed E-state index contributed by atoms with van der Waals surface area (Å²) in [5.74, 6) is 0.888. The lowest BCUT2D eigenvalue weighted by Crippen LogP contribution is -2.10. The first-order valence-electron chi connectivity index (χ1n) is 6.30. The van der Waals surface area contributed by atoms with Crippen LogP contribution in [0.4, 0.5) is 0 Å². The highest BCUT2D eigenvalue weighted by molar-refractivity contribution is 5.93. The fraction of sp³-hybridized carbons (Fsp3) is 0.294. The van der Waals surface area contributed by atoms with Crippen LogP contribution in [0.15, 0.2) is 35.3 Å². The molecule has 18 heavy (non-hydrogen) atoms.